The highest BCUT2D eigenvalue weighted by molar-refractivity contribution is 7.92. The Morgan fingerprint density at radius 1 is 1.14 bits per heavy atom. The summed E-state index contributed by atoms with van der Waals surface area (Å²) in [4.78, 5) is 15.0. The van der Waals surface area contributed by atoms with Crippen molar-refractivity contribution in [3.05, 3.63) is 77.2 Å². The zero-order chi connectivity index (χ0) is 25.0. The van der Waals surface area contributed by atoms with Crippen LogP contribution in [0.1, 0.15) is 18.4 Å². The number of quaternary nitrogens is 1. The molecular weight excluding hydrogens is 474 g/mol. The minimum absolute atomic E-state index is 0.0000155. The molecule has 0 atom stereocenters. The van der Waals surface area contributed by atoms with Gasteiger partial charge in [-0.15, -0.1) is 0 Å². The molecule has 2 aromatic carbocycles. The third-order valence-corrected chi connectivity index (χ3v) is 6.74. The van der Waals surface area contributed by atoms with E-state index in [0.29, 0.717) is 31.6 Å². The lowest BCUT2D eigenvalue weighted by Gasteiger charge is -2.33. The molecule has 0 saturated carbocycles. The number of allylic oxidation sites excluding steroid dienone is 1. The van der Waals surface area contributed by atoms with Crippen LogP contribution < -0.4 is 9.62 Å². The van der Waals surface area contributed by atoms with Crippen molar-refractivity contribution in [2.75, 3.05) is 44.7 Å². The molecule has 2 aromatic rings. The molecular formula is C25H31F2N4O3S+. The Bertz CT molecular complexity index is 995. The number of piperazine rings is 1. The highest BCUT2D eigenvalue weighted by Gasteiger charge is 2.27. The Hall–Kier alpha value is -2.95. The van der Waals surface area contributed by atoms with Crippen LogP contribution in [0, 0.1) is 17.0 Å². The molecule has 3 rings (SSSR count). The molecule has 7 nitrogen and oxygen atoms in total. The topological polar surface area (TPSA) is 90.1 Å². The molecule has 4 N–H and O–H groups in total. The van der Waals surface area contributed by atoms with Gasteiger partial charge in [0.25, 0.3) is 5.91 Å². The van der Waals surface area contributed by atoms with E-state index in [2.05, 4.69) is 17.4 Å². The molecule has 1 fully saturated rings. The van der Waals surface area contributed by atoms with Crippen LogP contribution in [-0.2, 0) is 15.3 Å². The third-order valence-electron chi connectivity index (χ3n) is 5.44. The molecule has 0 bridgehead atoms. The van der Waals surface area contributed by atoms with Gasteiger partial charge in [-0.25, -0.2) is 8.78 Å². The number of benzene rings is 2. The van der Waals surface area contributed by atoms with Crippen molar-refractivity contribution < 1.29 is 27.7 Å². The van der Waals surface area contributed by atoms with Gasteiger partial charge >= 0.3 is 0 Å². The number of nitrogens with one attached hydrogen (secondary N) is 3. The zero-order valence-electron chi connectivity index (χ0n) is 19.4. The molecule has 1 saturated heterocycles. The normalized spacial score (nSPS) is 14.9. The molecule has 1 heterocycles. The quantitative estimate of drug-likeness (QED) is 0.117. The molecule has 188 valence electrons. The van der Waals surface area contributed by atoms with Crippen molar-refractivity contribution in [1.29, 1.82) is 5.41 Å². The van der Waals surface area contributed by atoms with Crippen LogP contribution >= 0.6 is 11.9 Å². The summed E-state index contributed by atoms with van der Waals surface area (Å²) in [6.45, 7) is 3.02. The SMILES string of the molecule is N=CC(=C(OCCCCO)C(=O)Nc1cc(F)cc(F)c1)N1CC[NH+](SCc2ccccc2)CC1. The van der Waals surface area contributed by atoms with E-state index >= 15 is 0 Å². The van der Waals surface area contributed by atoms with Crippen LogP contribution in [0.2, 0.25) is 0 Å². The van der Waals surface area contributed by atoms with Crippen LogP contribution in [0.5, 0.6) is 0 Å². The summed E-state index contributed by atoms with van der Waals surface area (Å²) in [6, 6.07) is 13.0. The number of carbonyl (C=O) groups is 1. The molecule has 0 aliphatic carbocycles. The maximum atomic E-state index is 13.6. The fourth-order valence-electron chi connectivity index (χ4n) is 3.66. The summed E-state index contributed by atoms with van der Waals surface area (Å²) in [5.41, 5.74) is 1.53. The van der Waals surface area contributed by atoms with Gasteiger partial charge in [0.1, 0.15) is 30.4 Å². The van der Waals surface area contributed by atoms with Crippen molar-refractivity contribution in [2.24, 2.45) is 0 Å². The highest BCUT2D eigenvalue weighted by atomic mass is 32.2. The molecule has 0 aromatic heterocycles. The van der Waals surface area contributed by atoms with Crippen LogP contribution in [0.25, 0.3) is 0 Å². The summed E-state index contributed by atoms with van der Waals surface area (Å²) in [7, 11) is 0. The van der Waals surface area contributed by atoms with Crippen molar-refractivity contribution in [1.82, 2.24) is 4.90 Å². The van der Waals surface area contributed by atoms with E-state index in [9.17, 15) is 13.6 Å². The minimum Gasteiger partial charge on any atom is -0.486 e. The van der Waals surface area contributed by atoms with Gasteiger partial charge in [0.2, 0.25) is 5.76 Å². The predicted octanol–water partition coefficient (Wildman–Crippen LogP) is 2.60. The summed E-state index contributed by atoms with van der Waals surface area (Å²) in [6.07, 6.45) is 2.10. The number of rotatable bonds is 12. The number of nitrogens with zero attached hydrogens (tertiary/aromatic N) is 1. The van der Waals surface area contributed by atoms with Gasteiger partial charge in [-0.3, -0.25) is 9.10 Å². The van der Waals surface area contributed by atoms with E-state index in [-0.39, 0.29) is 24.7 Å². The van der Waals surface area contributed by atoms with E-state index in [1.54, 1.807) is 0 Å². The van der Waals surface area contributed by atoms with Crippen molar-refractivity contribution in [3.63, 3.8) is 0 Å². The summed E-state index contributed by atoms with van der Waals surface area (Å²) >= 11 is 1.82. The first-order valence-corrected chi connectivity index (χ1v) is 12.5. The number of anilines is 1. The lowest BCUT2D eigenvalue weighted by Crippen LogP contribution is -3.08. The number of carbonyl (C=O) groups excluding carboxylic acids is 1. The van der Waals surface area contributed by atoms with Crippen LogP contribution in [0.3, 0.4) is 0 Å². The maximum absolute atomic E-state index is 13.6. The second kappa shape index (κ2) is 13.8. The van der Waals surface area contributed by atoms with Crippen LogP contribution in [-0.4, -0.2) is 61.5 Å². The largest absolute Gasteiger partial charge is 0.486 e. The van der Waals surface area contributed by atoms with Crippen LogP contribution in [0.4, 0.5) is 14.5 Å². The van der Waals surface area contributed by atoms with E-state index < -0.39 is 17.5 Å². The Morgan fingerprint density at radius 3 is 2.46 bits per heavy atom. The molecule has 35 heavy (non-hydrogen) atoms. The van der Waals surface area contributed by atoms with Gasteiger partial charge in [-0.2, -0.15) is 0 Å². The van der Waals surface area contributed by atoms with Gasteiger partial charge < -0.3 is 25.5 Å². The second-order valence-electron chi connectivity index (χ2n) is 8.05. The standard InChI is InChI=1S/C25H30F2N4O3S/c26-20-14-21(27)16-22(15-20)29-25(33)24(34-13-5-4-12-32)23(17-28)30-8-10-31(11-9-30)35-18-19-6-2-1-3-7-19/h1-3,6-7,14-17,28,32H,4-5,8-13,18H2,(H,29,33)/p+1. The first-order valence-electron chi connectivity index (χ1n) is 11.5. The summed E-state index contributed by atoms with van der Waals surface area (Å²) in [5, 5.41) is 19.5. The number of aliphatic hydroxyl groups is 1. The first-order chi connectivity index (χ1) is 17.0. The molecule has 0 unspecified atom stereocenters. The van der Waals surface area contributed by atoms with E-state index in [1.807, 2.05) is 35.0 Å². The van der Waals surface area contributed by atoms with Gasteiger partial charge in [0.05, 0.1) is 37.4 Å². The van der Waals surface area contributed by atoms with E-state index in [1.165, 1.54) is 9.87 Å². The fraction of sp³-hybridized carbons (Fsp3) is 0.360. The number of hydrogen-bond acceptors (Lipinski definition) is 6. The number of hydrogen-bond donors (Lipinski definition) is 4. The van der Waals surface area contributed by atoms with Gasteiger partial charge in [-0.1, -0.05) is 30.3 Å². The first kappa shape index (κ1) is 26.7. The highest BCUT2D eigenvalue weighted by Crippen LogP contribution is 2.18. The monoisotopic (exact) mass is 505 g/mol. The van der Waals surface area contributed by atoms with Crippen molar-refractivity contribution >= 4 is 29.8 Å². The molecule has 0 spiro atoms. The van der Waals surface area contributed by atoms with E-state index in [0.717, 1.165) is 43.3 Å². The molecule has 1 aliphatic rings. The predicted molar refractivity (Wildman–Crippen MR) is 133 cm³/mol. The minimum atomic E-state index is -0.811. The zero-order valence-corrected chi connectivity index (χ0v) is 20.3. The Labute approximate surface area is 208 Å². The average molecular weight is 506 g/mol. The van der Waals surface area contributed by atoms with E-state index in [4.69, 9.17) is 15.3 Å². The lowest BCUT2D eigenvalue weighted by molar-refractivity contribution is -0.761. The summed E-state index contributed by atoms with van der Waals surface area (Å²) < 4.78 is 34.3. The smallest absolute Gasteiger partial charge is 0.293 e. The number of amides is 1. The van der Waals surface area contributed by atoms with Crippen molar-refractivity contribution in [2.45, 2.75) is 18.6 Å². The van der Waals surface area contributed by atoms with Gasteiger partial charge in [0.15, 0.2) is 0 Å². The second-order valence-corrected chi connectivity index (χ2v) is 9.20. The summed E-state index contributed by atoms with van der Waals surface area (Å²) in [5.74, 6) is -1.49. The molecule has 1 aliphatic heterocycles. The van der Waals surface area contributed by atoms with Gasteiger partial charge in [0, 0.05) is 24.6 Å². The number of ether oxygens (including phenoxy) is 1. The maximum Gasteiger partial charge on any atom is 0.293 e. The fourth-order valence-corrected chi connectivity index (χ4v) is 4.69. The average Bonchev–Trinajstić information content (AvgIpc) is 2.85. The van der Waals surface area contributed by atoms with Gasteiger partial charge in [-0.05, 0) is 30.5 Å². The van der Waals surface area contributed by atoms with Crippen molar-refractivity contribution in [3.8, 4) is 0 Å². The Balaban J connectivity index is 1.69. The van der Waals surface area contributed by atoms with Crippen LogP contribution in [0.15, 0.2) is 60.0 Å². The Kier molecular flexibility index (Phi) is 10.5. The lowest BCUT2D eigenvalue weighted by atomic mass is 10.2. The third kappa shape index (κ3) is 8.34. The Morgan fingerprint density at radius 2 is 1.83 bits per heavy atom. The number of aliphatic hydroxyl groups excluding tert-OH is 1. The molecule has 10 heteroatoms. The molecule has 1 amide bonds. The number of halogens is 2. The molecule has 0 radical (unpaired) electrons. The number of unbranched alkanes of at least 4 members (excludes halogenated alkanes) is 1.